The van der Waals surface area contributed by atoms with E-state index in [0.29, 0.717) is 34.9 Å². The average molecular weight is 794 g/mol. The van der Waals surface area contributed by atoms with Crippen LogP contribution in [0.25, 0.3) is 79.5 Å². The van der Waals surface area contributed by atoms with Crippen molar-refractivity contribution in [2.24, 2.45) is 0 Å². The van der Waals surface area contributed by atoms with Gasteiger partial charge in [-0.05, 0) is 68.8 Å². The molecule has 0 N–H and O–H groups in total. The predicted molar refractivity (Wildman–Crippen MR) is 244 cm³/mol. The van der Waals surface area contributed by atoms with Crippen LogP contribution in [0.3, 0.4) is 0 Å². The Hall–Kier alpha value is -8.29. The van der Waals surface area contributed by atoms with Crippen molar-refractivity contribution in [3.8, 4) is 79.5 Å². The van der Waals surface area contributed by atoms with Crippen molar-refractivity contribution in [3.63, 3.8) is 0 Å². The van der Waals surface area contributed by atoms with E-state index in [4.69, 9.17) is 29.9 Å². The molecule has 0 saturated carbocycles. The summed E-state index contributed by atoms with van der Waals surface area (Å²) in [4.78, 5) is 34.6. The summed E-state index contributed by atoms with van der Waals surface area (Å²) in [6.45, 7) is 0. The van der Waals surface area contributed by atoms with Gasteiger partial charge in [0.15, 0.2) is 34.9 Å². The lowest BCUT2D eigenvalue weighted by Crippen LogP contribution is -2.27. The molecule has 7 heteroatoms. The molecule has 2 bridgehead atoms. The molecule has 3 aliphatic carbocycles. The van der Waals surface area contributed by atoms with E-state index >= 15 is 0 Å². The molecule has 2 atom stereocenters. The molecule has 62 heavy (non-hydrogen) atoms. The Balaban J connectivity index is 0.967. The maximum atomic E-state index is 5.15. The minimum absolute atomic E-state index is 0.0314. The van der Waals surface area contributed by atoms with Gasteiger partial charge in [0.1, 0.15) is 0 Å². The van der Waals surface area contributed by atoms with Gasteiger partial charge in [-0.15, -0.1) is 0 Å². The molecule has 10 aromatic rings. The zero-order valence-corrected chi connectivity index (χ0v) is 33.3. The van der Waals surface area contributed by atoms with Crippen LogP contribution in [0.5, 0.6) is 0 Å². The van der Waals surface area contributed by atoms with Gasteiger partial charge in [-0.2, -0.15) is 0 Å². The molecule has 0 aliphatic heterocycles. The molecule has 3 heterocycles. The number of nitrogens with zero attached hydrogens (tertiary/aromatic N) is 7. The highest BCUT2D eigenvalue weighted by Crippen LogP contribution is 2.56. The molecule has 0 saturated heterocycles. The molecule has 2 unspecified atom stereocenters. The maximum absolute atomic E-state index is 5.15. The van der Waals surface area contributed by atoms with Crippen molar-refractivity contribution >= 4 is 0 Å². The van der Waals surface area contributed by atoms with E-state index in [1.807, 2.05) is 116 Å². The molecular weight excluding hydrogens is 759 g/mol. The second kappa shape index (κ2) is 14.8. The van der Waals surface area contributed by atoms with Crippen LogP contribution in [-0.4, -0.2) is 34.9 Å². The van der Waals surface area contributed by atoms with Crippen molar-refractivity contribution in [1.82, 2.24) is 34.9 Å². The minimum atomic E-state index is 0.0314. The highest BCUT2D eigenvalue weighted by Gasteiger charge is 2.41. The summed E-state index contributed by atoms with van der Waals surface area (Å²) in [5.74, 6) is 3.91. The maximum Gasteiger partial charge on any atom is 0.164 e. The Bertz CT molecular complexity index is 3230. The fourth-order valence-corrected chi connectivity index (χ4v) is 9.14. The van der Waals surface area contributed by atoms with Gasteiger partial charge >= 0.3 is 0 Å². The molecular formula is C55H35N7. The standard InChI is InChI=1S/C55H35N7/c1-4-12-36(13-5-1)50-57-51(37-14-6-2-7-15-37)60-54(59-50)40-24-26-44-46(32-40)48-42-18-10-11-19-43(42)49(44)47-33-41(25-27-45(47)48)55-61-52(38-16-8-3-9-17-38)58-53(62-55)39-22-20-34(21-23-39)35-28-30-56-31-29-35/h1-33,48-49H. The third-order valence-electron chi connectivity index (χ3n) is 12.1. The normalized spacial score (nSPS) is 14.5. The number of hydrogen-bond acceptors (Lipinski definition) is 7. The Morgan fingerprint density at radius 3 is 0.919 bits per heavy atom. The summed E-state index contributed by atoms with van der Waals surface area (Å²) < 4.78 is 0. The molecule has 0 radical (unpaired) electrons. The molecule has 7 nitrogen and oxygen atoms in total. The lowest BCUT2D eigenvalue weighted by molar-refractivity contribution is 0.754. The summed E-state index contributed by atoms with van der Waals surface area (Å²) in [6.07, 6.45) is 3.62. The average Bonchev–Trinajstić information content (AvgIpc) is 3.36. The SMILES string of the molecule is c1ccc(-c2nc(-c3ccccc3)nc(-c3ccc4c(c3)C3c5ccccc5C4c4cc(-c5nc(-c6ccccc6)nc(-c6ccc(-c7ccncc7)cc6)n5)ccc43)n2)cc1. The predicted octanol–water partition coefficient (Wildman–Crippen LogP) is 12.1. The zero-order valence-electron chi connectivity index (χ0n) is 33.3. The van der Waals surface area contributed by atoms with E-state index < -0.39 is 0 Å². The van der Waals surface area contributed by atoms with Gasteiger partial charge in [0.25, 0.3) is 0 Å². The topological polar surface area (TPSA) is 90.2 Å². The molecule has 0 spiro atoms. The van der Waals surface area contributed by atoms with Crippen molar-refractivity contribution in [2.75, 3.05) is 0 Å². The summed E-state index contributed by atoms with van der Waals surface area (Å²) in [6, 6.07) is 65.2. The van der Waals surface area contributed by atoms with Gasteiger partial charge in [-0.25, -0.2) is 29.9 Å². The largest absolute Gasteiger partial charge is 0.265 e. The highest BCUT2D eigenvalue weighted by molar-refractivity contribution is 5.76. The summed E-state index contributed by atoms with van der Waals surface area (Å²) >= 11 is 0. The monoisotopic (exact) mass is 793 g/mol. The Kier molecular flexibility index (Phi) is 8.49. The number of rotatable bonds is 7. The van der Waals surface area contributed by atoms with Gasteiger partial charge in [0, 0.05) is 57.6 Å². The van der Waals surface area contributed by atoms with Crippen molar-refractivity contribution in [3.05, 3.63) is 234 Å². The molecule has 13 rings (SSSR count). The molecule has 290 valence electrons. The first-order valence-electron chi connectivity index (χ1n) is 20.8. The molecule has 3 aromatic heterocycles. The Morgan fingerprint density at radius 2 is 0.516 bits per heavy atom. The van der Waals surface area contributed by atoms with Crippen LogP contribution in [0.2, 0.25) is 0 Å². The second-order valence-electron chi connectivity index (χ2n) is 15.7. The lowest BCUT2D eigenvalue weighted by Gasteiger charge is -2.42. The van der Waals surface area contributed by atoms with Crippen LogP contribution in [0, 0.1) is 0 Å². The third kappa shape index (κ3) is 6.18. The number of aromatic nitrogens is 7. The first kappa shape index (κ1) is 35.6. The van der Waals surface area contributed by atoms with Crippen molar-refractivity contribution < 1.29 is 0 Å². The lowest BCUT2D eigenvalue weighted by atomic mass is 9.61. The summed E-state index contributed by atoms with van der Waals surface area (Å²) in [5, 5.41) is 0. The number of pyridine rings is 1. The van der Waals surface area contributed by atoms with Gasteiger partial charge in [0.05, 0.1) is 0 Å². The van der Waals surface area contributed by atoms with Crippen LogP contribution in [0.4, 0.5) is 0 Å². The van der Waals surface area contributed by atoms with E-state index in [1.165, 1.54) is 33.4 Å². The molecule has 0 fully saturated rings. The quantitative estimate of drug-likeness (QED) is 0.159. The minimum Gasteiger partial charge on any atom is -0.265 e. The summed E-state index contributed by atoms with van der Waals surface area (Å²) in [5.41, 5.74) is 15.7. The van der Waals surface area contributed by atoms with E-state index in [2.05, 4.69) is 89.9 Å². The molecule has 3 aliphatic rings. The van der Waals surface area contributed by atoms with E-state index in [1.54, 1.807) is 0 Å². The van der Waals surface area contributed by atoms with Gasteiger partial charge in [-0.1, -0.05) is 164 Å². The van der Waals surface area contributed by atoms with Gasteiger partial charge < -0.3 is 0 Å². The smallest absolute Gasteiger partial charge is 0.164 e. The van der Waals surface area contributed by atoms with Crippen LogP contribution in [0.1, 0.15) is 45.2 Å². The first-order chi connectivity index (χ1) is 30.7. The fraction of sp³-hybridized carbons (Fsp3) is 0.0364. The number of hydrogen-bond donors (Lipinski definition) is 0. The fourth-order valence-electron chi connectivity index (χ4n) is 9.14. The van der Waals surface area contributed by atoms with E-state index in [9.17, 15) is 0 Å². The molecule has 0 amide bonds. The van der Waals surface area contributed by atoms with Crippen molar-refractivity contribution in [2.45, 2.75) is 11.8 Å². The van der Waals surface area contributed by atoms with E-state index in [0.717, 1.165) is 44.5 Å². The Labute approximate surface area is 358 Å². The van der Waals surface area contributed by atoms with Gasteiger partial charge in [-0.3, -0.25) is 4.98 Å². The van der Waals surface area contributed by atoms with Crippen LogP contribution >= 0.6 is 0 Å². The second-order valence-corrected chi connectivity index (χ2v) is 15.7. The van der Waals surface area contributed by atoms with E-state index in [-0.39, 0.29) is 11.8 Å². The third-order valence-corrected chi connectivity index (χ3v) is 12.1. The molecule has 7 aromatic carbocycles. The van der Waals surface area contributed by atoms with Crippen LogP contribution < -0.4 is 0 Å². The summed E-state index contributed by atoms with van der Waals surface area (Å²) in [7, 11) is 0. The number of benzene rings is 7. The van der Waals surface area contributed by atoms with Crippen LogP contribution in [0.15, 0.2) is 200 Å². The van der Waals surface area contributed by atoms with Crippen LogP contribution in [-0.2, 0) is 0 Å². The van der Waals surface area contributed by atoms with Crippen molar-refractivity contribution in [1.29, 1.82) is 0 Å². The van der Waals surface area contributed by atoms with Gasteiger partial charge in [0.2, 0.25) is 0 Å². The highest BCUT2D eigenvalue weighted by atomic mass is 15.0. The first-order valence-corrected chi connectivity index (χ1v) is 20.8. The Morgan fingerprint density at radius 1 is 0.226 bits per heavy atom. The zero-order chi connectivity index (χ0) is 41.0.